The average Bonchev–Trinajstić information content (AvgIpc) is 2.63. The highest BCUT2D eigenvalue weighted by Crippen LogP contribution is 2.27. The van der Waals surface area contributed by atoms with Gasteiger partial charge in [0.05, 0.1) is 5.92 Å². The first-order chi connectivity index (χ1) is 11.7. The van der Waals surface area contributed by atoms with Gasteiger partial charge in [0.1, 0.15) is 0 Å². The van der Waals surface area contributed by atoms with Gasteiger partial charge < -0.3 is 10.0 Å². The maximum atomic E-state index is 13.0. The van der Waals surface area contributed by atoms with Gasteiger partial charge in [0, 0.05) is 32.3 Å². The van der Waals surface area contributed by atoms with Crippen LogP contribution in [0.2, 0.25) is 0 Å². The predicted molar refractivity (Wildman–Crippen MR) is 95.4 cm³/mol. The SMILES string of the molecule is CC1CCC(CO)CN1C(=O)C1CCCN(Cc2ccccc2)C1. The quantitative estimate of drug-likeness (QED) is 0.922. The molecule has 0 radical (unpaired) electrons. The molecule has 3 atom stereocenters. The van der Waals surface area contributed by atoms with E-state index in [2.05, 4.69) is 36.1 Å². The van der Waals surface area contributed by atoms with Crippen molar-refractivity contribution in [2.24, 2.45) is 11.8 Å². The number of hydrogen-bond donors (Lipinski definition) is 1. The highest BCUT2D eigenvalue weighted by Gasteiger charge is 2.34. The molecule has 0 aliphatic carbocycles. The van der Waals surface area contributed by atoms with Crippen LogP contribution in [0, 0.1) is 11.8 Å². The van der Waals surface area contributed by atoms with Gasteiger partial charge >= 0.3 is 0 Å². The number of rotatable bonds is 4. The van der Waals surface area contributed by atoms with E-state index >= 15 is 0 Å². The van der Waals surface area contributed by atoms with Crippen LogP contribution in [0.1, 0.15) is 38.2 Å². The van der Waals surface area contributed by atoms with Gasteiger partial charge in [0.25, 0.3) is 0 Å². The van der Waals surface area contributed by atoms with E-state index in [1.165, 1.54) is 5.56 Å². The lowest BCUT2D eigenvalue weighted by molar-refractivity contribution is -0.142. The Morgan fingerprint density at radius 2 is 1.96 bits per heavy atom. The van der Waals surface area contributed by atoms with Crippen LogP contribution < -0.4 is 0 Å². The second-order valence-electron chi connectivity index (χ2n) is 7.53. The molecule has 4 heteroatoms. The number of carbonyl (C=O) groups excluding carboxylic acids is 1. The molecule has 0 bridgehead atoms. The van der Waals surface area contributed by atoms with Crippen molar-refractivity contribution in [3.8, 4) is 0 Å². The second-order valence-corrected chi connectivity index (χ2v) is 7.53. The Labute approximate surface area is 145 Å². The molecule has 2 fully saturated rings. The van der Waals surface area contributed by atoms with Crippen molar-refractivity contribution in [2.45, 2.75) is 45.2 Å². The molecule has 3 unspecified atom stereocenters. The standard InChI is InChI=1S/C20H30N2O2/c1-16-9-10-18(15-23)13-22(16)20(24)19-8-5-11-21(14-19)12-17-6-3-2-4-7-17/h2-4,6-7,16,18-19,23H,5,8-15H2,1H3. The van der Waals surface area contributed by atoms with Gasteiger partial charge in [-0.2, -0.15) is 0 Å². The monoisotopic (exact) mass is 330 g/mol. The molecule has 132 valence electrons. The van der Waals surface area contributed by atoms with Gasteiger partial charge in [-0.3, -0.25) is 9.69 Å². The summed E-state index contributed by atoms with van der Waals surface area (Å²) < 4.78 is 0. The van der Waals surface area contributed by atoms with Crippen LogP contribution in [-0.4, -0.2) is 53.1 Å². The van der Waals surface area contributed by atoms with E-state index in [0.29, 0.717) is 11.9 Å². The minimum absolute atomic E-state index is 0.113. The number of benzene rings is 1. The van der Waals surface area contributed by atoms with Crippen molar-refractivity contribution in [2.75, 3.05) is 26.2 Å². The molecule has 1 amide bonds. The summed E-state index contributed by atoms with van der Waals surface area (Å²) in [5.41, 5.74) is 1.32. The summed E-state index contributed by atoms with van der Waals surface area (Å²) in [6.07, 6.45) is 4.13. The maximum Gasteiger partial charge on any atom is 0.227 e. The van der Waals surface area contributed by atoms with Crippen molar-refractivity contribution in [3.05, 3.63) is 35.9 Å². The molecule has 3 rings (SSSR count). The Balaban J connectivity index is 1.60. The van der Waals surface area contributed by atoms with E-state index in [0.717, 1.165) is 51.9 Å². The molecular weight excluding hydrogens is 300 g/mol. The van der Waals surface area contributed by atoms with Crippen LogP contribution in [0.4, 0.5) is 0 Å². The second kappa shape index (κ2) is 8.13. The lowest BCUT2D eigenvalue weighted by Gasteiger charge is -2.41. The van der Waals surface area contributed by atoms with Crippen molar-refractivity contribution in [3.63, 3.8) is 0 Å². The number of nitrogens with zero attached hydrogens (tertiary/aromatic N) is 2. The molecule has 2 aliphatic heterocycles. The Hall–Kier alpha value is -1.39. The fraction of sp³-hybridized carbons (Fsp3) is 0.650. The van der Waals surface area contributed by atoms with E-state index in [-0.39, 0.29) is 18.4 Å². The summed E-state index contributed by atoms with van der Waals surface area (Å²) in [4.78, 5) is 17.5. The van der Waals surface area contributed by atoms with Crippen molar-refractivity contribution < 1.29 is 9.90 Å². The van der Waals surface area contributed by atoms with Crippen LogP contribution in [0.15, 0.2) is 30.3 Å². The molecule has 2 aliphatic rings. The fourth-order valence-electron chi connectivity index (χ4n) is 4.12. The third kappa shape index (κ3) is 4.17. The predicted octanol–water partition coefficient (Wildman–Crippen LogP) is 2.52. The van der Waals surface area contributed by atoms with E-state index < -0.39 is 0 Å². The smallest absolute Gasteiger partial charge is 0.227 e. The number of aliphatic hydroxyl groups excluding tert-OH is 1. The zero-order chi connectivity index (χ0) is 16.9. The molecule has 2 saturated heterocycles. The van der Waals surface area contributed by atoms with E-state index in [4.69, 9.17) is 0 Å². The normalized spacial score (nSPS) is 28.8. The van der Waals surface area contributed by atoms with Crippen molar-refractivity contribution >= 4 is 5.91 Å². The zero-order valence-corrected chi connectivity index (χ0v) is 14.7. The third-order valence-electron chi connectivity index (χ3n) is 5.62. The van der Waals surface area contributed by atoms with Gasteiger partial charge in [-0.25, -0.2) is 0 Å². The topological polar surface area (TPSA) is 43.8 Å². The van der Waals surface area contributed by atoms with Gasteiger partial charge in [-0.15, -0.1) is 0 Å². The molecule has 2 heterocycles. The molecule has 0 aromatic heterocycles. The molecule has 0 saturated carbocycles. The first-order valence-electron chi connectivity index (χ1n) is 9.35. The fourth-order valence-corrected chi connectivity index (χ4v) is 4.12. The minimum Gasteiger partial charge on any atom is -0.396 e. The summed E-state index contributed by atoms with van der Waals surface area (Å²) in [7, 11) is 0. The Morgan fingerprint density at radius 3 is 2.71 bits per heavy atom. The van der Waals surface area contributed by atoms with Crippen molar-refractivity contribution in [1.29, 1.82) is 0 Å². The van der Waals surface area contributed by atoms with Gasteiger partial charge in [0.15, 0.2) is 0 Å². The van der Waals surface area contributed by atoms with Crippen LogP contribution in [-0.2, 0) is 11.3 Å². The Morgan fingerprint density at radius 1 is 1.17 bits per heavy atom. The van der Waals surface area contributed by atoms with Gasteiger partial charge in [0.2, 0.25) is 5.91 Å². The maximum absolute atomic E-state index is 13.0. The lowest BCUT2D eigenvalue weighted by Crippen LogP contribution is -2.51. The largest absolute Gasteiger partial charge is 0.396 e. The van der Waals surface area contributed by atoms with Gasteiger partial charge in [-0.05, 0) is 50.6 Å². The Bertz CT molecular complexity index is 534. The molecule has 1 aromatic rings. The average molecular weight is 330 g/mol. The van der Waals surface area contributed by atoms with Gasteiger partial charge in [-0.1, -0.05) is 30.3 Å². The van der Waals surface area contributed by atoms with E-state index in [1.54, 1.807) is 0 Å². The molecule has 24 heavy (non-hydrogen) atoms. The molecule has 1 N–H and O–H groups in total. The molecule has 1 aromatic carbocycles. The van der Waals surface area contributed by atoms with E-state index in [9.17, 15) is 9.90 Å². The number of carbonyl (C=O) groups is 1. The summed E-state index contributed by atoms with van der Waals surface area (Å²) in [6.45, 7) is 5.94. The number of likely N-dealkylation sites (tertiary alicyclic amines) is 2. The van der Waals surface area contributed by atoms with Crippen LogP contribution in [0.25, 0.3) is 0 Å². The molecule has 0 spiro atoms. The number of amides is 1. The summed E-state index contributed by atoms with van der Waals surface area (Å²) in [6, 6.07) is 10.8. The summed E-state index contributed by atoms with van der Waals surface area (Å²) in [5, 5.41) is 9.45. The van der Waals surface area contributed by atoms with E-state index in [1.807, 2.05) is 11.0 Å². The first kappa shape index (κ1) is 17.4. The Kier molecular flexibility index (Phi) is 5.90. The zero-order valence-electron chi connectivity index (χ0n) is 14.7. The summed E-state index contributed by atoms with van der Waals surface area (Å²) in [5.74, 6) is 0.676. The van der Waals surface area contributed by atoms with Crippen LogP contribution in [0.3, 0.4) is 0 Å². The summed E-state index contributed by atoms with van der Waals surface area (Å²) >= 11 is 0. The minimum atomic E-state index is 0.113. The molecular formula is C20H30N2O2. The molecule has 4 nitrogen and oxygen atoms in total. The third-order valence-corrected chi connectivity index (χ3v) is 5.62. The van der Waals surface area contributed by atoms with Crippen LogP contribution in [0.5, 0.6) is 0 Å². The lowest BCUT2D eigenvalue weighted by atomic mass is 9.90. The van der Waals surface area contributed by atoms with Crippen LogP contribution >= 0.6 is 0 Å². The number of hydrogen-bond acceptors (Lipinski definition) is 3. The highest BCUT2D eigenvalue weighted by atomic mass is 16.3. The van der Waals surface area contributed by atoms with Crippen molar-refractivity contribution in [1.82, 2.24) is 9.80 Å². The highest BCUT2D eigenvalue weighted by molar-refractivity contribution is 5.79. The number of aliphatic hydroxyl groups is 1. The first-order valence-corrected chi connectivity index (χ1v) is 9.35. The number of piperidine rings is 2.